The van der Waals surface area contributed by atoms with Crippen LogP contribution < -0.4 is 4.90 Å². The maximum Gasteiger partial charge on any atom is 0.245 e. The summed E-state index contributed by atoms with van der Waals surface area (Å²) in [6.07, 6.45) is 0. The van der Waals surface area contributed by atoms with Crippen LogP contribution >= 0.6 is 0 Å². The first kappa shape index (κ1) is 16.8. The van der Waals surface area contributed by atoms with Gasteiger partial charge in [0.15, 0.2) is 0 Å². The van der Waals surface area contributed by atoms with Crippen molar-refractivity contribution in [3.05, 3.63) is 42.5 Å². The number of hydrogen-bond donors (Lipinski definition) is 0. The van der Waals surface area contributed by atoms with Crippen molar-refractivity contribution >= 4 is 22.4 Å². The lowest BCUT2D eigenvalue weighted by Gasteiger charge is -2.37. The van der Waals surface area contributed by atoms with E-state index in [4.69, 9.17) is 0 Å². The van der Waals surface area contributed by atoms with Crippen LogP contribution in [0.15, 0.2) is 42.5 Å². The largest absolute Gasteiger partial charge is 0.363 e. The molecule has 3 rings (SSSR count). The summed E-state index contributed by atoms with van der Waals surface area (Å²) in [7, 11) is 2.01. The van der Waals surface area contributed by atoms with Gasteiger partial charge in [-0.15, -0.1) is 0 Å². The molecule has 4 heteroatoms. The molecule has 1 aliphatic rings. The van der Waals surface area contributed by atoms with Crippen molar-refractivity contribution in [3.63, 3.8) is 0 Å². The summed E-state index contributed by atoms with van der Waals surface area (Å²) < 4.78 is 0. The van der Waals surface area contributed by atoms with E-state index in [0.29, 0.717) is 0 Å². The molecule has 0 aliphatic carbocycles. The van der Waals surface area contributed by atoms with E-state index in [1.165, 1.54) is 10.8 Å². The third kappa shape index (κ3) is 3.39. The summed E-state index contributed by atoms with van der Waals surface area (Å²) in [5.74, 6) is 0.224. The van der Waals surface area contributed by atoms with Crippen LogP contribution in [0.1, 0.15) is 13.8 Å². The normalized spacial score (nSPS) is 17.0. The summed E-state index contributed by atoms with van der Waals surface area (Å²) >= 11 is 0. The first-order chi connectivity index (χ1) is 11.6. The molecule has 1 atom stereocenters. The number of likely N-dealkylation sites (N-methyl/N-ethyl adjacent to an activating group) is 2. The highest BCUT2D eigenvalue weighted by molar-refractivity contribution is 5.88. The average molecular weight is 325 g/mol. The van der Waals surface area contributed by atoms with Gasteiger partial charge in [0.1, 0.15) is 6.04 Å². The molecule has 128 valence electrons. The van der Waals surface area contributed by atoms with E-state index in [1.54, 1.807) is 0 Å². The predicted molar refractivity (Wildman–Crippen MR) is 101 cm³/mol. The van der Waals surface area contributed by atoms with Gasteiger partial charge in [-0.3, -0.25) is 4.79 Å². The molecule has 0 radical (unpaired) electrons. The number of fused-ring (bicyclic) bond motifs is 1. The molecule has 0 aromatic heterocycles. The van der Waals surface area contributed by atoms with Gasteiger partial charge in [-0.05, 0) is 36.4 Å². The molecular weight excluding hydrogens is 298 g/mol. The van der Waals surface area contributed by atoms with Gasteiger partial charge in [-0.1, -0.05) is 37.3 Å². The maximum atomic E-state index is 12.8. The lowest BCUT2D eigenvalue weighted by Crippen LogP contribution is -2.53. The number of nitrogens with zero attached hydrogens (tertiary/aromatic N) is 3. The number of carbonyl (C=O) groups is 1. The van der Waals surface area contributed by atoms with E-state index in [-0.39, 0.29) is 11.9 Å². The molecule has 0 bridgehead atoms. The van der Waals surface area contributed by atoms with Crippen LogP contribution in [0.5, 0.6) is 0 Å². The standard InChI is InChI=1S/C20H27N3O/c1-4-22-11-13-23(14-12-22)20(24)16(2)21(3)19-10-9-17-7-5-6-8-18(17)15-19/h5-10,15-16H,4,11-14H2,1-3H3/t16-/m1/s1. The Labute approximate surface area is 144 Å². The molecular formula is C20H27N3O. The van der Waals surface area contributed by atoms with Crippen molar-refractivity contribution in [1.29, 1.82) is 0 Å². The molecule has 24 heavy (non-hydrogen) atoms. The maximum absolute atomic E-state index is 12.8. The van der Waals surface area contributed by atoms with Gasteiger partial charge >= 0.3 is 0 Å². The number of benzene rings is 2. The molecule has 1 aliphatic heterocycles. The van der Waals surface area contributed by atoms with Gasteiger partial charge in [0.2, 0.25) is 5.91 Å². The Hall–Kier alpha value is -2.07. The molecule has 0 unspecified atom stereocenters. The van der Waals surface area contributed by atoms with Crippen LogP contribution in [0.2, 0.25) is 0 Å². The number of piperazine rings is 1. The Morgan fingerprint density at radius 1 is 1.08 bits per heavy atom. The fraction of sp³-hybridized carbons (Fsp3) is 0.450. The van der Waals surface area contributed by atoms with Crippen molar-refractivity contribution in [3.8, 4) is 0 Å². The molecule has 2 aromatic carbocycles. The van der Waals surface area contributed by atoms with E-state index in [1.807, 2.05) is 31.0 Å². The zero-order chi connectivity index (χ0) is 17.1. The zero-order valence-electron chi connectivity index (χ0n) is 14.9. The van der Waals surface area contributed by atoms with Gasteiger partial charge in [-0.2, -0.15) is 0 Å². The molecule has 0 saturated carbocycles. The Morgan fingerprint density at radius 2 is 1.75 bits per heavy atom. The number of amides is 1. The second-order valence-corrected chi connectivity index (χ2v) is 6.58. The highest BCUT2D eigenvalue weighted by Gasteiger charge is 2.26. The second kappa shape index (κ2) is 7.22. The van der Waals surface area contributed by atoms with Gasteiger partial charge in [0, 0.05) is 38.9 Å². The number of anilines is 1. The molecule has 1 amide bonds. The average Bonchev–Trinajstić information content (AvgIpc) is 2.66. The minimum absolute atomic E-state index is 0.153. The van der Waals surface area contributed by atoms with E-state index in [0.717, 1.165) is 38.4 Å². The SMILES string of the molecule is CCN1CCN(C(=O)[C@@H](C)N(C)c2ccc3ccccc3c2)CC1. The van der Waals surface area contributed by atoms with Crippen molar-refractivity contribution in [2.75, 3.05) is 44.7 Å². The second-order valence-electron chi connectivity index (χ2n) is 6.58. The number of carbonyl (C=O) groups excluding carboxylic acids is 1. The first-order valence-corrected chi connectivity index (χ1v) is 8.83. The highest BCUT2D eigenvalue weighted by Crippen LogP contribution is 2.23. The lowest BCUT2D eigenvalue weighted by molar-refractivity contribution is -0.133. The van der Waals surface area contributed by atoms with E-state index < -0.39 is 0 Å². The third-order valence-electron chi connectivity index (χ3n) is 5.21. The molecule has 1 saturated heterocycles. The predicted octanol–water partition coefficient (Wildman–Crippen LogP) is 2.83. The van der Waals surface area contributed by atoms with Gasteiger partial charge in [-0.25, -0.2) is 0 Å². The lowest BCUT2D eigenvalue weighted by atomic mass is 10.1. The van der Waals surface area contributed by atoms with Crippen LogP contribution in [-0.2, 0) is 4.79 Å². The first-order valence-electron chi connectivity index (χ1n) is 8.83. The Morgan fingerprint density at radius 3 is 2.42 bits per heavy atom. The van der Waals surface area contributed by atoms with Gasteiger partial charge < -0.3 is 14.7 Å². The Kier molecular flexibility index (Phi) is 5.05. The van der Waals surface area contributed by atoms with Crippen LogP contribution in [-0.4, -0.2) is 61.5 Å². The number of rotatable bonds is 4. The molecule has 4 nitrogen and oxygen atoms in total. The molecule has 2 aromatic rings. The number of hydrogen-bond acceptors (Lipinski definition) is 3. The summed E-state index contributed by atoms with van der Waals surface area (Å²) in [5, 5.41) is 2.43. The molecule has 1 heterocycles. The minimum atomic E-state index is -0.153. The Bertz CT molecular complexity index is 707. The molecule has 1 fully saturated rings. The van der Waals surface area contributed by atoms with Crippen molar-refractivity contribution in [2.45, 2.75) is 19.9 Å². The quantitative estimate of drug-likeness (QED) is 0.865. The van der Waals surface area contributed by atoms with E-state index in [9.17, 15) is 4.79 Å². The fourth-order valence-corrected chi connectivity index (χ4v) is 3.33. The van der Waals surface area contributed by atoms with Crippen LogP contribution in [0.25, 0.3) is 10.8 Å². The third-order valence-corrected chi connectivity index (χ3v) is 5.21. The summed E-state index contributed by atoms with van der Waals surface area (Å²) in [6.45, 7) is 8.88. The smallest absolute Gasteiger partial charge is 0.245 e. The van der Waals surface area contributed by atoms with Crippen molar-refractivity contribution in [1.82, 2.24) is 9.80 Å². The van der Waals surface area contributed by atoms with Crippen molar-refractivity contribution in [2.24, 2.45) is 0 Å². The van der Waals surface area contributed by atoms with Crippen LogP contribution in [0.3, 0.4) is 0 Å². The summed E-state index contributed by atoms with van der Waals surface area (Å²) in [4.78, 5) is 19.3. The summed E-state index contributed by atoms with van der Waals surface area (Å²) in [5.41, 5.74) is 1.08. The van der Waals surface area contributed by atoms with E-state index in [2.05, 4.69) is 47.1 Å². The van der Waals surface area contributed by atoms with Crippen LogP contribution in [0, 0.1) is 0 Å². The fourth-order valence-electron chi connectivity index (χ4n) is 3.33. The van der Waals surface area contributed by atoms with Gasteiger partial charge in [0.25, 0.3) is 0 Å². The van der Waals surface area contributed by atoms with Crippen LogP contribution in [0.4, 0.5) is 5.69 Å². The summed E-state index contributed by atoms with van der Waals surface area (Å²) in [6, 6.07) is 14.6. The van der Waals surface area contributed by atoms with Crippen molar-refractivity contribution < 1.29 is 4.79 Å². The highest BCUT2D eigenvalue weighted by atomic mass is 16.2. The monoisotopic (exact) mass is 325 g/mol. The minimum Gasteiger partial charge on any atom is -0.363 e. The topological polar surface area (TPSA) is 26.8 Å². The Balaban J connectivity index is 1.71. The molecule has 0 spiro atoms. The van der Waals surface area contributed by atoms with Gasteiger partial charge in [0.05, 0.1) is 0 Å². The zero-order valence-corrected chi connectivity index (χ0v) is 14.9. The van der Waals surface area contributed by atoms with E-state index >= 15 is 0 Å². The molecule has 0 N–H and O–H groups in total.